The van der Waals surface area contributed by atoms with E-state index >= 15 is 0 Å². The second-order valence-electron chi connectivity index (χ2n) is 5.01. The fourth-order valence-corrected chi connectivity index (χ4v) is 2.09. The van der Waals surface area contributed by atoms with Gasteiger partial charge in [-0.25, -0.2) is 0 Å². The van der Waals surface area contributed by atoms with E-state index in [9.17, 15) is 4.79 Å². The SMILES string of the molecule is CCC(C)C(=O)OCC1CCC(CO)CC1. The van der Waals surface area contributed by atoms with Gasteiger partial charge in [0, 0.05) is 6.61 Å². The quantitative estimate of drug-likeness (QED) is 0.735. The minimum atomic E-state index is -0.0632. The van der Waals surface area contributed by atoms with E-state index in [1.807, 2.05) is 13.8 Å². The molecule has 1 rings (SSSR count). The average Bonchev–Trinajstić information content (AvgIpc) is 2.35. The van der Waals surface area contributed by atoms with Crippen molar-refractivity contribution in [2.45, 2.75) is 46.0 Å². The number of carbonyl (C=O) groups is 1. The molecule has 94 valence electrons. The number of aliphatic hydroxyl groups excluding tert-OH is 1. The summed E-state index contributed by atoms with van der Waals surface area (Å²) in [5.74, 6) is 0.942. The lowest BCUT2D eigenvalue weighted by Crippen LogP contribution is -2.23. The first-order valence-electron chi connectivity index (χ1n) is 6.44. The fraction of sp³-hybridized carbons (Fsp3) is 0.923. The second kappa shape index (κ2) is 6.89. The van der Waals surface area contributed by atoms with E-state index < -0.39 is 0 Å². The molecule has 0 amide bonds. The second-order valence-corrected chi connectivity index (χ2v) is 5.01. The maximum Gasteiger partial charge on any atom is 0.308 e. The predicted octanol–water partition coefficient (Wildman–Crippen LogP) is 2.37. The molecule has 0 aromatic rings. The normalized spacial score (nSPS) is 27.4. The van der Waals surface area contributed by atoms with Gasteiger partial charge in [-0.3, -0.25) is 4.79 Å². The zero-order chi connectivity index (χ0) is 12.0. The van der Waals surface area contributed by atoms with Crippen LogP contribution >= 0.6 is 0 Å². The molecular formula is C13H24O3. The largest absolute Gasteiger partial charge is 0.465 e. The van der Waals surface area contributed by atoms with Gasteiger partial charge < -0.3 is 9.84 Å². The number of hydrogen-bond acceptors (Lipinski definition) is 3. The van der Waals surface area contributed by atoms with Crippen molar-refractivity contribution in [2.24, 2.45) is 17.8 Å². The van der Waals surface area contributed by atoms with E-state index in [2.05, 4.69) is 0 Å². The highest BCUT2D eigenvalue weighted by molar-refractivity contribution is 5.71. The summed E-state index contributed by atoms with van der Waals surface area (Å²) in [6, 6.07) is 0. The van der Waals surface area contributed by atoms with Crippen LogP contribution in [0.1, 0.15) is 46.0 Å². The molecule has 0 aromatic heterocycles. The summed E-state index contributed by atoms with van der Waals surface area (Å²) in [6.45, 7) is 4.78. The Morgan fingerprint density at radius 1 is 1.31 bits per heavy atom. The van der Waals surface area contributed by atoms with Crippen LogP contribution in [0.3, 0.4) is 0 Å². The van der Waals surface area contributed by atoms with E-state index in [-0.39, 0.29) is 11.9 Å². The molecule has 0 radical (unpaired) electrons. The molecule has 1 aliphatic rings. The van der Waals surface area contributed by atoms with Crippen LogP contribution in [0.2, 0.25) is 0 Å². The molecule has 0 bridgehead atoms. The molecule has 1 fully saturated rings. The standard InChI is InChI=1S/C13H24O3/c1-3-10(2)13(15)16-9-12-6-4-11(8-14)5-7-12/h10-12,14H,3-9H2,1-2H3. The Labute approximate surface area is 98.2 Å². The lowest BCUT2D eigenvalue weighted by molar-refractivity contribution is -0.149. The molecule has 0 aliphatic heterocycles. The molecule has 0 spiro atoms. The average molecular weight is 228 g/mol. The number of esters is 1. The Kier molecular flexibility index (Phi) is 5.81. The number of ether oxygens (including phenoxy) is 1. The van der Waals surface area contributed by atoms with Crippen LogP contribution in [0.15, 0.2) is 0 Å². The zero-order valence-corrected chi connectivity index (χ0v) is 10.4. The van der Waals surface area contributed by atoms with Gasteiger partial charge in [0.25, 0.3) is 0 Å². The summed E-state index contributed by atoms with van der Waals surface area (Å²) in [5.41, 5.74) is 0. The first-order valence-corrected chi connectivity index (χ1v) is 6.44. The molecule has 1 aliphatic carbocycles. The van der Waals surface area contributed by atoms with E-state index in [0.717, 1.165) is 32.1 Å². The van der Waals surface area contributed by atoms with Crippen molar-refractivity contribution in [1.29, 1.82) is 0 Å². The predicted molar refractivity (Wildman–Crippen MR) is 62.9 cm³/mol. The van der Waals surface area contributed by atoms with Crippen LogP contribution in [0.5, 0.6) is 0 Å². The summed E-state index contributed by atoms with van der Waals surface area (Å²) in [4.78, 5) is 11.5. The summed E-state index contributed by atoms with van der Waals surface area (Å²) >= 11 is 0. The van der Waals surface area contributed by atoms with Crippen LogP contribution < -0.4 is 0 Å². The van der Waals surface area contributed by atoms with Crippen molar-refractivity contribution in [3.63, 3.8) is 0 Å². The maximum absolute atomic E-state index is 11.5. The number of hydrogen-bond donors (Lipinski definition) is 1. The topological polar surface area (TPSA) is 46.5 Å². The van der Waals surface area contributed by atoms with Gasteiger partial charge in [-0.1, -0.05) is 13.8 Å². The Balaban J connectivity index is 2.17. The molecular weight excluding hydrogens is 204 g/mol. The molecule has 1 saturated carbocycles. The molecule has 0 aromatic carbocycles. The molecule has 1 atom stereocenters. The molecule has 1 N–H and O–H groups in total. The van der Waals surface area contributed by atoms with Gasteiger partial charge in [-0.2, -0.15) is 0 Å². The monoisotopic (exact) mass is 228 g/mol. The van der Waals surface area contributed by atoms with Crippen LogP contribution in [0, 0.1) is 17.8 Å². The van der Waals surface area contributed by atoms with Crippen molar-refractivity contribution < 1.29 is 14.6 Å². The van der Waals surface area contributed by atoms with Crippen LogP contribution in [-0.4, -0.2) is 24.3 Å². The summed E-state index contributed by atoms with van der Waals surface area (Å²) in [6.07, 6.45) is 5.15. The Morgan fingerprint density at radius 2 is 1.88 bits per heavy atom. The Bertz CT molecular complexity index is 207. The highest BCUT2D eigenvalue weighted by atomic mass is 16.5. The highest BCUT2D eigenvalue weighted by Gasteiger charge is 2.22. The van der Waals surface area contributed by atoms with Crippen molar-refractivity contribution in [3.05, 3.63) is 0 Å². The molecule has 0 heterocycles. The van der Waals surface area contributed by atoms with Crippen LogP contribution in [0.4, 0.5) is 0 Å². The van der Waals surface area contributed by atoms with Gasteiger partial charge in [-0.05, 0) is 43.9 Å². The summed E-state index contributed by atoms with van der Waals surface area (Å²) in [7, 11) is 0. The van der Waals surface area contributed by atoms with Gasteiger partial charge in [0.2, 0.25) is 0 Å². The molecule has 3 nitrogen and oxygen atoms in total. The summed E-state index contributed by atoms with van der Waals surface area (Å²) < 4.78 is 5.30. The van der Waals surface area contributed by atoms with Crippen molar-refractivity contribution >= 4 is 5.97 Å². The van der Waals surface area contributed by atoms with Crippen LogP contribution in [-0.2, 0) is 9.53 Å². The summed E-state index contributed by atoms with van der Waals surface area (Å²) in [5, 5.41) is 9.01. The molecule has 0 saturated heterocycles. The number of carbonyl (C=O) groups excluding carboxylic acids is 1. The highest BCUT2D eigenvalue weighted by Crippen LogP contribution is 2.28. The van der Waals surface area contributed by atoms with Crippen molar-refractivity contribution in [2.75, 3.05) is 13.2 Å². The van der Waals surface area contributed by atoms with E-state index in [4.69, 9.17) is 9.84 Å². The first kappa shape index (κ1) is 13.5. The van der Waals surface area contributed by atoms with Gasteiger partial charge in [0.1, 0.15) is 0 Å². The lowest BCUT2D eigenvalue weighted by atomic mass is 9.83. The first-order chi connectivity index (χ1) is 7.67. The van der Waals surface area contributed by atoms with Crippen LogP contribution in [0.25, 0.3) is 0 Å². The zero-order valence-electron chi connectivity index (χ0n) is 10.4. The Morgan fingerprint density at radius 3 is 2.38 bits per heavy atom. The van der Waals surface area contributed by atoms with E-state index in [0.29, 0.717) is 25.0 Å². The van der Waals surface area contributed by atoms with Crippen molar-refractivity contribution in [1.82, 2.24) is 0 Å². The molecule has 3 heteroatoms. The molecule has 16 heavy (non-hydrogen) atoms. The van der Waals surface area contributed by atoms with Gasteiger partial charge in [0.15, 0.2) is 0 Å². The fourth-order valence-electron chi connectivity index (χ4n) is 2.09. The smallest absolute Gasteiger partial charge is 0.308 e. The lowest BCUT2D eigenvalue weighted by Gasteiger charge is -2.27. The van der Waals surface area contributed by atoms with E-state index in [1.54, 1.807) is 0 Å². The maximum atomic E-state index is 11.5. The third-order valence-corrected chi connectivity index (χ3v) is 3.70. The molecule has 1 unspecified atom stereocenters. The minimum absolute atomic E-state index is 0.0220. The van der Waals surface area contributed by atoms with Crippen molar-refractivity contribution in [3.8, 4) is 0 Å². The van der Waals surface area contributed by atoms with Gasteiger partial charge >= 0.3 is 5.97 Å². The van der Waals surface area contributed by atoms with E-state index in [1.165, 1.54) is 0 Å². The Hall–Kier alpha value is -0.570. The van der Waals surface area contributed by atoms with Gasteiger partial charge in [-0.15, -0.1) is 0 Å². The number of aliphatic hydroxyl groups is 1. The minimum Gasteiger partial charge on any atom is -0.465 e. The third-order valence-electron chi connectivity index (χ3n) is 3.70. The number of rotatable bonds is 5. The third kappa shape index (κ3) is 4.12. The van der Waals surface area contributed by atoms with Gasteiger partial charge in [0.05, 0.1) is 12.5 Å².